The molecule has 0 saturated carbocycles. The Morgan fingerprint density at radius 3 is 2.82 bits per heavy atom. The van der Waals surface area contributed by atoms with Crippen molar-refractivity contribution >= 4 is 23.4 Å². The molecule has 0 radical (unpaired) electrons. The summed E-state index contributed by atoms with van der Waals surface area (Å²) in [7, 11) is 5.07. The van der Waals surface area contributed by atoms with Gasteiger partial charge in [0.25, 0.3) is 0 Å². The third kappa shape index (κ3) is 4.17. The normalized spacial score (nSPS) is 10.3. The second-order valence-electron chi connectivity index (χ2n) is 4.53. The number of carbonyl (C=O) groups is 1. The van der Waals surface area contributed by atoms with Crippen molar-refractivity contribution in [3.63, 3.8) is 0 Å². The fourth-order valence-electron chi connectivity index (χ4n) is 1.84. The molecule has 0 spiro atoms. The third-order valence-corrected chi connectivity index (χ3v) is 4.08. The van der Waals surface area contributed by atoms with Crippen LogP contribution >= 0.6 is 11.8 Å². The number of amides is 1. The zero-order chi connectivity index (χ0) is 15.9. The summed E-state index contributed by atoms with van der Waals surface area (Å²) in [4.78, 5) is 16.2. The molecule has 2 aromatic rings. The molecule has 7 heteroatoms. The number of benzene rings is 1. The van der Waals surface area contributed by atoms with Crippen molar-refractivity contribution in [3.05, 3.63) is 30.6 Å². The topological polar surface area (TPSA) is 65.4 Å². The summed E-state index contributed by atoms with van der Waals surface area (Å²) in [6, 6.07) is 5.28. The number of nitrogens with zero attached hydrogens (tertiary/aromatic N) is 2. The van der Waals surface area contributed by atoms with Gasteiger partial charge in [0.2, 0.25) is 5.91 Å². The van der Waals surface area contributed by atoms with Gasteiger partial charge in [-0.2, -0.15) is 0 Å². The number of rotatable bonds is 7. The minimum atomic E-state index is -0.0647. The van der Waals surface area contributed by atoms with Crippen molar-refractivity contribution in [1.29, 1.82) is 0 Å². The smallest absolute Gasteiger partial charge is 0.225 e. The van der Waals surface area contributed by atoms with Gasteiger partial charge in [-0.05, 0) is 12.1 Å². The number of ether oxygens (including phenoxy) is 2. The quantitative estimate of drug-likeness (QED) is 0.794. The van der Waals surface area contributed by atoms with Crippen molar-refractivity contribution in [1.82, 2.24) is 9.55 Å². The summed E-state index contributed by atoms with van der Waals surface area (Å²) >= 11 is 1.55. The van der Waals surface area contributed by atoms with Gasteiger partial charge in [-0.15, -0.1) is 0 Å². The largest absolute Gasteiger partial charge is 0.497 e. The highest BCUT2D eigenvalue weighted by molar-refractivity contribution is 7.99. The lowest BCUT2D eigenvalue weighted by Crippen LogP contribution is -2.13. The zero-order valence-electron chi connectivity index (χ0n) is 12.8. The molecule has 1 aromatic carbocycles. The van der Waals surface area contributed by atoms with Gasteiger partial charge in [-0.25, -0.2) is 4.98 Å². The third-order valence-electron chi connectivity index (χ3n) is 3.02. The number of nitrogens with one attached hydrogen (secondary N) is 1. The highest BCUT2D eigenvalue weighted by atomic mass is 32.2. The van der Waals surface area contributed by atoms with Crippen LogP contribution in [0.15, 0.2) is 35.7 Å². The standard InChI is InChI=1S/C15H19N3O3S/c1-18-8-7-16-15(18)22-9-6-14(19)17-12-5-4-11(20-2)10-13(12)21-3/h4-5,7-8,10H,6,9H2,1-3H3,(H,17,19). The minimum absolute atomic E-state index is 0.0647. The minimum Gasteiger partial charge on any atom is -0.497 e. The highest BCUT2D eigenvalue weighted by Crippen LogP contribution is 2.29. The summed E-state index contributed by atoms with van der Waals surface area (Å²) in [5, 5.41) is 3.75. The number of hydrogen-bond donors (Lipinski definition) is 1. The van der Waals surface area contributed by atoms with Crippen LogP contribution in [-0.4, -0.2) is 35.4 Å². The maximum absolute atomic E-state index is 12.0. The van der Waals surface area contributed by atoms with E-state index in [1.54, 1.807) is 50.4 Å². The van der Waals surface area contributed by atoms with Crippen LogP contribution in [0.25, 0.3) is 0 Å². The molecule has 2 rings (SSSR count). The van der Waals surface area contributed by atoms with E-state index >= 15 is 0 Å². The van der Waals surface area contributed by atoms with Gasteiger partial charge in [0.05, 0.1) is 19.9 Å². The summed E-state index contributed by atoms with van der Waals surface area (Å²) < 4.78 is 12.3. The molecule has 0 saturated heterocycles. The molecule has 0 bridgehead atoms. The number of thioether (sulfide) groups is 1. The van der Waals surface area contributed by atoms with Gasteiger partial charge in [0, 0.05) is 37.7 Å². The molecular weight excluding hydrogens is 302 g/mol. The first-order valence-corrected chi connectivity index (χ1v) is 7.74. The van der Waals surface area contributed by atoms with E-state index < -0.39 is 0 Å². The molecule has 1 aromatic heterocycles. The summed E-state index contributed by atoms with van der Waals surface area (Å²) in [5.41, 5.74) is 0.635. The van der Waals surface area contributed by atoms with Gasteiger partial charge in [-0.3, -0.25) is 4.79 Å². The number of methoxy groups -OCH3 is 2. The Kier molecular flexibility index (Phi) is 5.71. The Balaban J connectivity index is 1.88. The highest BCUT2D eigenvalue weighted by Gasteiger charge is 2.09. The van der Waals surface area contributed by atoms with Crippen LogP contribution < -0.4 is 14.8 Å². The molecule has 0 unspecified atom stereocenters. The van der Waals surface area contributed by atoms with E-state index in [4.69, 9.17) is 9.47 Å². The van der Waals surface area contributed by atoms with Crippen LogP contribution in [0.1, 0.15) is 6.42 Å². The van der Waals surface area contributed by atoms with Crippen molar-refractivity contribution in [2.24, 2.45) is 7.05 Å². The van der Waals surface area contributed by atoms with E-state index in [2.05, 4.69) is 10.3 Å². The summed E-state index contributed by atoms with van der Waals surface area (Å²) in [6.45, 7) is 0. The van der Waals surface area contributed by atoms with E-state index in [1.807, 2.05) is 17.8 Å². The summed E-state index contributed by atoms with van der Waals surface area (Å²) in [6.07, 6.45) is 4.02. The number of hydrogen-bond acceptors (Lipinski definition) is 5. The van der Waals surface area contributed by atoms with Crippen LogP contribution in [0, 0.1) is 0 Å². The molecule has 6 nitrogen and oxygen atoms in total. The molecule has 0 fully saturated rings. The number of aryl methyl sites for hydroxylation is 1. The average Bonchev–Trinajstić information content (AvgIpc) is 2.93. The summed E-state index contributed by atoms with van der Waals surface area (Å²) in [5.74, 6) is 1.85. The number of imidazole rings is 1. The lowest BCUT2D eigenvalue weighted by molar-refractivity contribution is -0.115. The Morgan fingerprint density at radius 1 is 1.36 bits per heavy atom. The van der Waals surface area contributed by atoms with Crippen LogP contribution in [0.4, 0.5) is 5.69 Å². The van der Waals surface area contributed by atoms with E-state index in [1.165, 1.54) is 0 Å². The Bertz CT molecular complexity index is 643. The van der Waals surface area contributed by atoms with Crippen LogP contribution in [0.5, 0.6) is 11.5 Å². The molecule has 0 atom stereocenters. The van der Waals surface area contributed by atoms with E-state index in [9.17, 15) is 4.79 Å². The van der Waals surface area contributed by atoms with Gasteiger partial charge >= 0.3 is 0 Å². The molecule has 118 valence electrons. The predicted molar refractivity (Wildman–Crippen MR) is 86.7 cm³/mol. The van der Waals surface area contributed by atoms with Crippen molar-refractivity contribution in [2.45, 2.75) is 11.6 Å². The van der Waals surface area contributed by atoms with Gasteiger partial charge in [0.15, 0.2) is 5.16 Å². The Labute approximate surface area is 133 Å². The average molecular weight is 321 g/mol. The molecule has 1 N–H and O–H groups in total. The van der Waals surface area contributed by atoms with E-state index in [0.717, 1.165) is 5.16 Å². The maximum Gasteiger partial charge on any atom is 0.225 e. The molecule has 1 amide bonds. The Morgan fingerprint density at radius 2 is 2.18 bits per heavy atom. The zero-order valence-corrected chi connectivity index (χ0v) is 13.6. The second-order valence-corrected chi connectivity index (χ2v) is 5.60. The molecule has 0 aliphatic carbocycles. The lowest BCUT2D eigenvalue weighted by atomic mass is 10.2. The van der Waals surface area contributed by atoms with Crippen LogP contribution in [0.3, 0.4) is 0 Å². The first-order chi connectivity index (χ1) is 10.6. The fraction of sp³-hybridized carbons (Fsp3) is 0.333. The maximum atomic E-state index is 12.0. The van der Waals surface area contributed by atoms with Crippen LogP contribution in [-0.2, 0) is 11.8 Å². The predicted octanol–water partition coefficient (Wildman–Crippen LogP) is 2.56. The fourth-order valence-corrected chi connectivity index (χ4v) is 2.71. The number of carbonyl (C=O) groups excluding carboxylic acids is 1. The first kappa shape index (κ1) is 16.2. The second kappa shape index (κ2) is 7.74. The SMILES string of the molecule is COc1ccc(NC(=O)CCSc2nccn2C)c(OC)c1. The number of anilines is 1. The van der Waals surface area contributed by atoms with Crippen LogP contribution in [0.2, 0.25) is 0 Å². The van der Waals surface area contributed by atoms with Gasteiger partial charge in [0.1, 0.15) is 11.5 Å². The lowest BCUT2D eigenvalue weighted by Gasteiger charge is -2.11. The van der Waals surface area contributed by atoms with Crippen molar-refractivity contribution < 1.29 is 14.3 Å². The van der Waals surface area contributed by atoms with Crippen molar-refractivity contribution in [2.75, 3.05) is 25.3 Å². The van der Waals surface area contributed by atoms with E-state index in [0.29, 0.717) is 29.4 Å². The molecule has 0 aliphatic rings. The first-order valence-electron chi connectivity index (χ1n) is 6.76. The van der Waals surface area contributed by atoms with Crippen molar-refractivity contribution in [3.8, 4) is 11.5 Å². The molecule has 0 aliphatic heterocycles. The van der Waals surface area contributed by atoms with Gasteiger partial charge < -0.3 is 19.4 Å². The monoisotopic (exact) mass is 321 g/mol. The number of aromatic nitrogens is 2. The Hall–Kier alpha value is -2.15. The molecule has 22 heavy (non-hydrogen) atoms. The molecular formula is C15H19N3O3S. The van der Waals surface area contributed by atoms with Gasteiger partial charge in [-0.1, -0.05) is 11.8 Å². The van der Waals surface area contributed by atoms with E-state index in [-0.39, 0.29) is 5.91 Å². The molecule has 1 heterocycles.